The van der Waals surface area contributed by atoms with Crippen molar-refractivity contribution in [3.63, 3.8) is 0 Å². The number of aryl methyl sites for hydroxylation is 2. The van der Waals surface area contributed by atoms with Gasteiger partial charge in [-0.1, -0.05) is 0 Å². The highest BCUT2D eigenvalue weighted by molar-refractivity contribution is 5.76. The molecule has 0 aliphatic rings. The molecule has 0 aliphatic carbocycles. The zero-order valence-corrected chi connectivity index (χ0v) is 12.5. The summed E-state index contributed by atoms with van der Waals surface area (Å²) in [6.45, 7) is 9.92. The van der Waals surface area contributed by atoms with E-state index in [1.54, 1.807) is 0 Å². The molecule has 0 aliphatic heterocycles. The largest absolute Gasteiger partial charge is 0.370 e. The Kier molecular flexibility index (Phi) is 5.35. The van der Waals surface area contributed by atoms with Crippen LogP contribution in [0.15, 0.2) is 0 Å². The van der Waals surface area contributed by atoms with Crippen LogP contribution in [0.2, 0.25) is 0 Å². The van der Waals surface area contributed by atoms with Crippen molar-refractivity contribution in [3.05, 3.63) is 11.3 Å². The predicted molar refractivity (Wildman–Crippen MR) is 76.8 cm³/mol. The lowest BCUT2D eigenvalue weighted by molar-refractivity contribution is -0.119. The van der Waals surface area contributed by atoms with Crippen molar-refractivity contribution in [1.29, 1.82) is 0 Å². The molecule has 0 unspecified atom stereocenters. The van der Waals surface area contributed by atoms with E-state index in [0.29, 0.717) is 6.54 Å². The molecule has 6 heteroatoms. The highest BCUT2D eigenvalue weighted by Crippen LogP contribution is 2.21. The van der Waals surface area contributed by atoms with E-state index in [-0.39, 0.29) is 18.5 Å². The normalized spacial score (nSPS) is 11.3. The van der Waals surface area contributed by atoms with Crippen LogP contribution in [0.4, 0.5) is 5.82 Å². The fourth-order valence-corrected chi connectivity index (χ4v) is 2.10. The second kappa shape index (κ2) is 6.56. The number of hydrogen-bond acceptors (Lipinski definition) is 4. The standard InChI is InChI=1S/C13H25N5O/c1-6-15-13-11(10(4)16-17(13)5)7-18(9(2)3)8-12(14)19/h9,15H,6-8H2,1-5H3,(H2,14,19). The van der Waals surface area contributed by atoms with Crippen molar-refractivity contribution in [2.24, 2.45) is 12.8 Å². The van der Waals surface area contributed by atoms with Crippen LogP contribution in [-0.2, 0) is 18.4 Å². The van der Waals surface area contributed by atoms with Crippen LogP contribution in [-0.4, -0.2) is 39.7 Å². The van der Waals surface area contributed by atoms with E-state index in [1.807, 2.05) is 23.6 Å². The van der Waals surface area contributed by atoms with Crippen molar-refractivity contribution < 1.29 is 4.79 Å². The number of carbonyl (C=O) groups is 1. The van der Waals surface area contributed by atoms with Crippen LogP contribution in [0.5, 0.6) is 0 Å². The number of nitrogens with two attached hydrogens (primary N) is 1. The smallest absolute Gasteiger partial charge is 0.231 e. The minimum atomic E-state index is -0.305. The molecular weight excluding hydrogens is 242 g/mol. The first-order valence-corrected chi connectivity index (χ1v) is 6.65. The number of nitrogens with zero attached hydrogens (tertiary/aromatic N) is 3. The molecule has 3 N–H and O–H groups in total. The summed E-state index contributed by atoms with van der Waals surface area (Å²) in [7, 11) is 1.92. The van der Waals surface area contributed by atoms with Gasteiger partial charge in [0, 0.05) is 31.7 Å². The summed E-state index contributed by atoms with van der Waals surface area (Å²) >= 11 is 0. The molecule has 0 aromatic carbocycles. The maximum Gasteiger partial charge on any atom is 0.231 e. The van der Waals surface area contributed by atoms with Crippen molar-refractivity contribution >= 4 is 11.7 Å². The third kappa shape index (κ3) is 3.96. The molecule has 1 rings (SSSR count). The second-order valence-corrected chi connectivity index (χ2v) is 5.03. The van der Waals surface area contributed by atoms with Crippen molar-refractivity contribution in [1.82, 2.24) is 14.7 Å². The molecular formula is C13H25N5O. The molecule has 0 radical (unpaired) electrons. The van der Waals surface area contributed by atoms with E-state index < -0.39 is 0 Å². The minimum absolute atomic E-state index is 0.251. The zero-order valence-electron chi connectivity index (χ0n) is 12.5. The van der Waals surface area contributed by atoms with Crippen molar-refractivity contribution in [2.45, 2.75) is 40.3 Å². The molecule has 0 fully saturated rings. The van der Waals surface area contributed by atoms with E-state index in [2.05, 4.69) is 31.2 Å². The van der Waals surface area contributed by atoms with Gasteiger partial charge in [-0.15, -0.1) is 0 Å². The summed E-state index contributed by atoms with van der Waals surface area (Å²) in [5.41, 5.74) is 7.41. The van der Waals surface area contributed by atoms with Gasteiger partial charge < -0.3 is 11.1 Å². The molecule has 19 heavy (non-hydrogen) atoms. The maximum absolute atomic E-state index is 11.1. The Balaban J connectivity index is 2.98. The molecule has 1 heterocycles. The van der Waals surface area contributed by atoms with Gasteiger partial charge in [-0.2, -0.15) is 5.10 Å². The van der Waals surface area contributed by atoms with Crippen molar-refractivity contribution in [2.75, 3.05) is 18.4 Å². The molecule has 0 spiro atoms. The Morgan fingerprint density at radius 1 is 1.53 bits per heavy atom. The molecule has 1 aromatic heterocycles. The highest BCUT2D eigenvalue weighted by atomic mass is 16.1. The number of amides is 1. The van der Waals surface area contributed by atoms with Gasteiger partial charge in [0.15, 0.2) is 0 Å². The van der Waals surface area contributed by atoms with E-state index >= 15 is 0 Å². The summed E-state index contributed by atoms with van der Waals surface area (Å²) in [5.74, 6) is 0.704. The van der Waals surface area contributed by atoms with Gasteiger partial charge >= 0.3 is 0 Å². The number of carbonyl (C=O) groups excluding carboxylic acids is 1. The predicted octanol–water partition coefficient (Wildman–Crippen LogP) is 0.856. The quantitative estimate of drug-likeness (QED) is 0.768. The Bertz CT molecular complexity index is 438. The summed E-state index contributed by atoms with van der Waals surface area (Å²) in [5, 5.41) is 7.75. The first-order chi connectivity index (χ1) is 8.86. The van der Waals surface area contributed by atoms with E-state index in [1.165, 1.54) is 0 Å². The Morgan fingerprint density at radius 3 is 2.63 bits per heavy atom. The molecule has 0 bridgehead atoms. The number of rotatable bonds is 7. The lowest BCUT2D eigenvalue weighted by Gasteiger charge is -2.25. The third-order valence-electron chi connectivity index (χ3n) is 3.14. The Hall–Kier alpha value is -1.56. The van der Waals surface area contributed by atoms with Crippen LogP contribution in [0, 0.1) is 6.92 Å². The first-order valence-electron chi connectivity index (χ1n) is 6.65. The lowest BCUT2D eigenvalue weighted by atomic mass is 10.2. The number of hydrogen-bond donors (Lipinski definition) is 2. The summed E-state index contributed by atoms with van der Waals surface area (Å²) in [4.78, 5) is 13.2. The van der Waals surface area contributed by atoms with Crippen LogP contribution in [0.3, 0.4) is 0 Å². The van der Waals surface area contributed by atoms with Gasteiger partial charge in [0.2, 0.25) is 5.91 Å². The number of anilines is 1. The van der Waals surface area contributed by atoms with Crippen LogP contribution < -0.4 is 11.1 Å². The van der Waals surface area contributed by atoms with Crippen LogP contribution in [0.1, 0.15) is 32.0 Å². The van der Waals surface area contributed by atoms with Gasteiger partial charge in [0.05, 0.1) is 12.2 Å². The van der Waals surface area contributed by atoms with Crippen LogP contribution >= 0.6 is 0 Å². The fraction of sp³-hybridized carbons (Fsp3) is 0.692. The summed E-state index contributed by atoms with van der Waals surface area (Å²) in [6, 6.07) is 0.251. The topological polar surface area (TPSA) is 76.2 Å². The average molecular weight is 267 g/mol. The van der Waals surface area contributed by atoms with E-state index in [9.17, 15) is 4.79 Å². The molecule has 108 valence electrons. The van der Waals surface area contributed by atoms with Gasteiger partial charge in [-0.05, 0) is 27.7 Å². The first kappa shape index (κ1) is 15.5. The van der Waals surface area contributed by atoms with Gasteiger partial charge in [-0.3, -0.25) is 14.4 Å². The van der Waals surface area contributed by atoms with E-state index in [0.717, 1.165) is 23.6 Å². The molecule has 6 nitrogen and oxygen atoms in total. The summed E-state index contributed by atoms with van der Waals surface area (Å²) < 4.78 is 1.84. The molecule has 0 atom stereocenters. The van der Waals surface area contributed by atoms with Gasteiger partial charge in [0.1, 0.15) is 5.82 Å². The minimum Gasteiger partial charge on any atom is -0.370 e. The SMILES string of the molecule is CCNc1c(CN(CC(N)=O)C(C)C)c(C)nn1C. The Labute approximate surface area is 114 Å². The van der Waals surface area contributed by atoms with Gasteiger partial charge in [0.25, 0.3) is 0 Å². The molecule has 1 aromatic rings. The van der Waals surface area contributed by atoms with Crippen LogP contribution in [0.25, 0.3) is 0 Å². The number of nitrogens with one attached hydrogen (secondary N) is 1. The average Bonchev–Trinajstić information content (AvgIpc) is 2.54. The fourth-order valence-electron chi connectivity index (χ4n) is 2.10. The Morgan fingerprint density at radius 2 is 2.16 bits per heavy atom. The summed E-state index contributed by atoms with van der Waals surface area (Å²) in [6.07, 6.45) is 0. The highest BCUT2D eigenvalue weighted by Gasteiger charge is 2.19. The third-order valence-corrected chi connectivity index (χ3v) is 3.14. The lowest BCUT2D eigenvalue weighted by Crippen LogP contribution is -2.38. The maximum atomic E-state index is 11.1. The molecule has 0 saturated carbocycles. The number of primary amides is 1. The van der Waals surface area contributed by atoms with Gasteiger partial charge in [-0.25, -0.2) is 0 Å². The molecule has 1 amide bonds. The monoisotopic (exact) mass is 267 g/mol. The second-order valence-electron chi connectivity index (χ2n) is 5.03. The zero-order chi connectivity index (χ0) is 14.6. The van der Waals surface area contributed by atoms with E-state index in [4.69, 9.17) is 5.73 Å². The number of aromatic nitrogens is 2. The van der Waals surface area contributed by atoms with Crippen molar-refractivity contribution in [3.8, 4) is 0 Å². The molecule has 0 saturated heterocycles.